The zero-order valence-electron chi connectivity index (χ0n) is 7.83. The number of rotatable bonds is 3. The van der Waals surface area contributed by atoms with Crippen LogP contribution in [0.2, 0.25) is 0 Å². The van der Waals surface area contributed by atoms with Crippen molar-refractivity contribution in [3.63, 3.8) is 0 Å². The smallest absolute Gasteiger partial charge is 0.114 e. The van der Waals surface area contributed by atoms with Crippen molar-refractivity contribution in [2.24, 2.45) is 5.92 Å². The van der Waals surface area contributed by atoms with E-state index in [1.165, 1.54) is 0 Å². The number of β-amino-alcohol motifs (C(OH)–C–C–N with tert-alkyl or cyclic N) is 1. The summed E-state index contributed by atoms with van der Waals surface area (Å²) in [5.74, 6) is 0.484. The fourth-order valence-electron chi connectivity index (χ4n) is 1.95. The maximum atomic E-state index is 13.0. The highest BCUT2D eigenvalue weighted by Gasteiger charge is 2.33. The van der Waals surface area contributed by atoms with Gasteiger partial charge in [-0.25, -0.2) is 4.39 Å². The lowest BCUT2D eigenvalue weighted by molar-refractivity contribution is 0.157. The van der Waals surface area contributed by atoms with Gasteiger partial charge in [0, 0.05) is 19.1 Å². The Morgan fingerprint density at radius 2 is 2.25 bits per heavy atom. The Morgan fingerprint density at radius 3 is 2.75 bits per heavy atom. The SMILES string of the molecule is CC(C)C1CC(F)CN1CCO. The molecule has 0 saturated carbocycles. The highest BCUT2D eigenvalue weighted by atomic mass is 19.1. The van der Waals surface area contributed by atoms with Crippen LogP contribution < -0.4 is 0 Å². The van der Waals surface area contributed by atoms with Crippen molar-refractivity contribution in [3.05, 3.63) is 0 Å². The summed E-state index contributed by atoms with van der Waals surface area (Å²) in [5, 5.41) is 8.75. The minimum absolute atomic E-state index is 0.135. The molecular formula is C9H18FNO. The minimum Gasteiger partial charge on any atom is -0.395 e. The predicted molar refractivity (Wildman–Crippen MR) is 46.8 cm³/mol. The second kappa shape index (κ2) is 4.19. The Balaban J connectivity index is 2.47. The maximum Gasteiger partial charge on any atom is 0.114 e. The number of nitrogens with zero attached hydrogens (tertiary/aromatic N) is 1. The number of hydrogen-bond donors (Lipinski definition) is 1. The Kier molecular flexibility index (Phi) is 3.47. The number of halogens is 1. The summed E-state index contributed by atoms with van der Waals surface area (Å²) in [6.07, 6.45) is -0.0542. The Labute approximate surface area is 73.4 Å². The van der Waals surface area contributed by atoms with E-state index in [0.29, 0.717) is 31.5 Å². The predicted octanol–water partition coefficient (Wildman–Crippen LogP) is 1.05. The van der Waals surface area contributed by atoms with Gasteiger partial charge in [-0.1, -0.05) is 13.8 Å². The number of aliphatic hydroxyl groups excluding tert-OH is 1. The van der Waals surface area contributed by atoms with Crippen LogP contribution in [-0.2, 0) is 0 Å². The summed E-state index contributed by atoms with van der Waals surface area (Å²) in [7, 11) is 0. The van der Waals surface area contributed by atoms with E-state index in [1.807, 2.05) is 0 Å². The highest BCUT2D eigenvalue weighted by Crippen LogP contribution is 2.25. The third-order valence-electron chi connectivity index (χ3n) is 2.56. The fourth-order valence-corrected chi connectivity index (χ4v) is 1.95. The minimum atomic E-state index is -0.691. The van der Waals surface area contributed by atoms with Crippen LogP contribution in [0.3, 0.4) is 0 Å². The first-order valence-electron chi connectivity index (χ1n) is 4.64. The van der Waals surface area contributed by atoms with E-state index in [9.17, 15) is 4.39 Å². The standard InChI is InChI=1S/C9H18FNO/c1-7(2)9-5-8(10)6-11(9)3-4-12/h7-9,12H,3-6H2,1-2H3. The van der Waals surface area contributed by atoms with Gasteiger partial charge in [-0.15, -0.1) is 0 Å². The summed E-state index contributed by atoms with van der Waals surface area (Å²) >= 11 is 0. The molecule has 72 valence electrons. The molecule has 1 N–H and O–H groups in total. The molecule has 0 aliphatic carbocycles. The van der Waals surface area contributed by atoms with Crippen molar-refractivity contribution in [2.45, 2.75) is 32.5 Å². The van der Waals surface area contributed by atoms with Crippen molar-refractivity contribution in [3.8, 4) is 0 Å². The summed E-state index contributed by atoms with van der Waals surface area (Å²) in [5.41, 5.74) is 0. The van der Waals surface area contributed by atoms with Crippen molar-refractivity contribution in [2.75, 3.05) is 19.7 Å². The highest BCUT2D eigenvalue weighted by molar-refractivity contribution is 4.86. The maximum absolute atomic E-state index is 13.0. The van der Waals surface area contributed by atoms with Crippen molar-refractivity contribution >= 4 is 0 Å². The molecule has 2 unspecified atom stereocenters. The van der Waals surface area contributed by atoms with Crippen LogP contribution in [-0.4, -0.2) is 41.9 Å². The van der Waals surface area contributed by atoms with Crippen molar-refractivity contribution < 1.29 is 9.50 Å². The van der Waals surface area contributed by atoms with Crippen LogP contribution >= 0.6 is 0 Å². The number of likely N-dealkylation sites (tertiary alicyclic amines) is 1. The Morgan fingerprint density at radius 1 is 1.58 bits per heavy atom. The molecule has 0 aromatic heterocycles. The molecule has 0 bridgehead atoms. The van der Waals surface area contributed by atoms with E-state index in [4.69, 9.17) is 5.11 Å². The zero-order valence-corrected chi connectivity index (χ0v) is 7.83. The molecule has 12 heavy (non-hydrogen) atoms. The lowest BCUT2D eigenvalue weighted by Crippen LogP contribution is -2.35. The molecular weight excluding hydrogens is 157 g/mol. The molecule has 1 heterocycles. The van der Waals surface area contributed by atoms with Gasteiger partial charge in [0.15, 0.2) is 0 Å². The largest absolute Gasteiger partial charge is 0.395 e. The summed E-state index contributed by atoms with van der Waals surface area (Å²) in [6.45, 7) is 5.46. The number of hydrogen-bond acceptors (Lipinski definition) is 2. The monoisotopic (exact) mass is 175 g/mol. The van der Waals surface area contributed by atoms with Crippen LogP contribution in [0.5, 0.6) is 0 Å². The van der Waals surface area contributed by atoms with Gasteiger partial charge >= 0.3 is 0 Å². The number of aliphatic hydroxyl groups is 1. The van der Waals surface area contributed by atoms with Gasteiger partial charge in [0.2, 0.25) is 0 Å². The number of alkyl halides is 1. The average molecular weight is 175 g/mol. The molecule has 2 nitrogen and oxygen atoms in total. The average Bonchev–Trinajstić information content (AvgIpc) is 2.32. The van der Waals surface area contributed by atoms with Gasteiger partial charge in [-0.2, -0.15) is 0 Å². The van der Waals surface area contributed by atoms with E-state index < -0.39 is 6.17 Å². The molecule has 1 rings (SSSR count). The van der Waals surface area contributed by atoms with Crippen LogP contribution in [0, 0.1) is 5.92 Å². The quantitative estimate of drug-likeness (QED) is 0.693. The molecule has 2 atom stereocenters. The van der Waals surface area contributed by atoms with Gasteiger partial charge in [-0.05, 0) is 12.3 Å². The van der Waals surface area contributed by atoms with Gasteiger partial charge in [0.1, 0.15) is 6.17 Å². The zero-order chi connectivity index (χ0) is 9.14. The van der Waals surface area contributed by atoms with E-state index in [2.05, 4.69) is 18.7 Å². The van der Waals surface area contributed by atoms with Crippen LogP contribution in [0.25, 0.3) is 0 Å². The molecule has 0 aromatic rings. The van der Waals surface area contributed by atoms with Crippen LogP contribution in [0.4, 0.5) is 4.39 Å². The molecule has 1 saturated heterocycles. The van der Waals surface area contributed by atoms with Crippen LogP contribution in [0.15, 0.2) is 0 Å². The summed E-state index contributed by atoms with van der Waals surface area (Å²) in [4.78, 5) is 2.05. The van der Waals surface area contributed by atoms with E-state index in [1.54, 1.807) is 0 Å². The molecule has 0 spiro atoms. The normalized spacial score (nSPS) is 31.8. The van der Waals surface area contributed by atoms with Gasteiger partial charge in [-0.3, -0.25) is 4.90 Å². The molecule has 1 fully saturated rings. The molecule has 0 aromatic carbocycles. The van der Waals surface area contributed by atoms with E-state index in [-0.39, 0.29) is 6.61 Å². The van der Waals surface area contributed by atoms with E-state index >= 15 is 0 Å². The Bertz CT molecular complexity index is 140. The topological polar surface area (TPSA) is 23.5 Å². The fraction of sp³-hybridized carbons (Fsp3) is 1.00. The molecule has 1 aliphatic rings. The first kappa shape index (κ1) is 9.93. The van der Waals surface area contributed by atoms with E-state index in [0.717, 1.165) is 0 Å². The van der Waals surface area contributed by atoms with Gasteiger partial charge in [0.05, 0.1) is 6.61 Å². The van der Waals surface area contributed by atoms with Crippen molar-refractivity contribution in [1.82, 2.24) is 4.90 Å². The summed E-state index contributed by atoms with van der Waals surface area (Å²) in [6, 6.07) is 0.326. The third-order valence-corrected chi connectivity index (χ3v) is 2.56. The van der Waals surface area contributed by atoms with Gasteiger partial charge < -0.3 is 5.11 Å². The second-order valence-electron chi connectivity index (χ2n) is 3.86. The molecule has 0 amide bonds. The lowest BCUT2D eigenvalue weighted by Gasteiger charge is -2.25. The van der Waals surface area contributed by atoms with Crippen LogP contribution in [0.1, 0.15) is 20.3 Å². The first-order chi connectivity index (χ1) is 5.65. The molecule has 1 aliphatic heterocycles. The Hall–Kier alpha value is -0.150. The molecule has 0 radical (unpaired) electrons. The molecule has 3 heteroatoms. The summed E-state index contributed by atoms with van der Waals surface area (Å²) < 4.78 is 13.0. The van der Waals surface area contributed by atoms with Crippen molar-refractivity contribution in [1.29, 1.82) is 0 Å². The first-order valence-corrected chi connectivity index (χ1v) is 4.64. The van der Waals surface area contributed by atoms with Gasteiger partial charge in [0.25, 0.3) is 0 Å². The third kappa shape index (κ3) is 2.17. The second-order valence-corrected chi connectivity index (χ2v) is 3.86. The lowest BCUT2D eigenvalue weighted by atomic mass is 10.0.